The first-order chi connectivity index (χ1) is 10.0. The molecule has 1 aliphatic rings. The molecule has 0 saturated carbocycles. The summed E-state index contributed by atoms with van der Waals surface area (Å²) in [4.78, 5) is 7.09. The van der Waals surface area contributed by atoms with E-state index in [0.717, 1.165) is 45.1 Å². The quantitative estimate of drug-likeness (QED) is 0.535. The van der Waals surface area contributed by atoms with E-state index in [9.17, 15) is 0 Å². The fraction of sp³-hybridized carbons (Fsp3) is 0.933. The van der Waals surface area contributed by atoms with Crippen LogP contribution in [0.5, 0.6) is 0 Å². The molecule has 0 aromatic heterocycles. The van der Waals surface area contributed by atoms with Crippen molar-refractivity contribution in [3.05, 3.63) is 0 Å². The number of nitrogens with zero attached hydrogens (tertiary/aromatic N) is 2. The van der Waals surface area contributed by atoms with Gasteiger partial charge in [0.05, 0.1) is 13.2 Å². The van der Waals surface area contributed by atoms with Crippen molar-refractivity contribution in [2.75, 3.05) is 54.1 Å². The van der Waals surface area contributed by atoms with Crippen molar-refractivity contribution in [1.82, 2.24) is 15.5 Å². The second-order valence-electron chi connectivity index (χ2n) is 5.93. The lowest BCUT2D eigenvalue weighted by Gasteiger charge is -2.41. The van der Waals surface area contributed by atoms with Gasteiger partial charge in [0.15, 0.2) is 5.96 Å². The molecule has 0 bridgehead atoms. The highest BCUT2D eigenvalue weighted by molar-refractivity contribution is 5.80. The number of hydrogen-bond acceptors (Lipinski definition) is 4. The van der Waals surface area contributed by atoms with Gasteiger partial charge in [0.25, 0.3) is 0 Å². The van der Waals surface area contributed by atoms with Gasteiger partial charge in [-0.1, -0.05) is 0 Å². The maximum atomic E-state index is 5.50. The Morgan fingerprint density at radius 2 is 2.05 bits per heavy atom. The molecule has 1 unspecified atom stereocenters. The average molecular weight is 300 g/mol. The zero-order valence-corrected chi connectivity index (χ0v) is 14.2. The molecule has 1 fully saturated rings. The molecule has 0 amide bonds. The minimum atomic E-state index is 0.102. The van der Waals surface area contributed by atoms with Crippen LogP contribution in [0.1, 0.15) is 26.7 Å². The molecular formula is C15H32N4O2. The number of nitrogens with one attached hydrogen (secondary N) is 2. The summed E-state index contributed by atoms with van der Waals surface area (Å²) >= 11 is 0. The number of hydrogen-bond donors (Lipinski definition) is 2. The first kappa shape index (κ1) is 18.2. The number of guanidine groups is 1. The predicted octanol–water partition coefficient (Wildman–Crippen LogP) is 0.687. The van der Waals surface area contributed by atoms with Crippen LogP contribution in [0.3, 0.4) is 0 Å². The second kappa shape index (κ2) is 9.23. The Balaban J connectivity index is 2.69. The van der Waals surface area contributed by atoms with Gasteiger partial charge < -0.3 is 25.0 Å². The third kappa shape index (κ3) is 5.80. The lowest BCUT2D eigenvalue weighted by molar-refractivity contribution is -0.00256. The standard InChI is InChI=1S/C15H32N4O2/c1-6-16-14(18-13(2)11-20-5)17-12-15(19(3)4)7-9-21-10-8-15/h13H,6-12H2,1-5H3,(H2,16,17,18). The summed E-state index contributed by atoms with van der Waals surface area (Å²) in [5.41, 5.74) is 0.102. The predicted molar refractivity (Wildman–Crippen MR) is 86.9 cm³/mol. The van der Waals surface area contributed by atoms with Gasteiger partial charge in [0, 0.05) is 38.4 Å². The van der Waals surface area contributed by atoms with Gasteiger partial charge in [-0.05, 0) is 40.8 Å². The van der Waals surface area contributed by atoms with Crippen molar-refractivity contribution >= 4 is 5.96 Å². The van der Waals surface area contributed by atoms with Crippen LogP contribution >= 0.6 is 0 Å². The molecule has 6 nitrogen and oxygen atoms in total. The van der Waals surface area contributed by atoms with Crippen LogP contribution in [0.2, 0.25) is 0 Å². The van der Waals surface area contributed by atoms with Gasteiger partial charge >= 0.3 is 0 Å². The largest absolute Gasteiger partial charge is 0.383 e. The average Bonchev–Trinajstić information content (AvgIpc) is 2.46. The fourth-order valence-electron chi connectivity index (χ4n) is 2.57. The van der Waals surface area contributed by atoms with Crippen molar-refractivity contribution in [1.29, 1.82) is 0 Å². The van der Waals surface area contributed by atoms with Crippen LogP contribution in [-0.2, 0) is 9.47 Å². The zero-order valence-electron chi connectivity index (χ0n) is 14.2. The Morgan fingerprint density at radius 1 is 1.38 bits per heavy atom. The van der Waals surface area contributed by atoms with Gasteiger partial charge in [0.1, 0.15) is 0 Å². The molecule has 0 aliphatic carbocycles. The molecule has 1 aliphatic heterocycles. The molecule has 1 heterocycles. The molecule has 21 heavy (non-hydrogen) atoms. The Morgan fingerprint density at radius 3 is 2.57 bits per heavy atom. The van der Waals surface area contributed by atoms with E-state index in [1.807, 2.05) is 0 Å². The number of aliphatic imine (C=N–C) groups is 1. The van der Waals surface area contributed by atoms with Gasteiger partial charge in [-0.2, -0.15) is 0 Å². The molecule has 6 heteroatoms. The smallest absolute Gasteiger partial charge is 0.191 e. The first-order valence-electron chi connectivity index (χ1n) is 7.83. The van der Waals surface area contributed by atoms with Crippen molar-refractivity contribution in [2.45, 2.75) is 38.3 Å². The molecule has 124 valence electrons. The van der Waals surface area contributed by atoms with E-state index in [4.69, 9.17) is 14.5 Å². The Labute approximate surface area is 129 Å². The molecule has 1 rings (SSSR count). The third-order valence-corrected chi connectivity index (χ3v) is 4.05. The summed E-state index contributed by atoms with van der Waals surface area (Å²) in [6.45, 7) is 8.09. The molecule has 2 N–H and O–H groups in total. The van der Waals surface area contributed by atoms with E-state index in [1.165, 1.54) is 0 Å². The summed E-state index contributed by atoms with van der Waals surface area (Å²) in [5, 5.41) is 6.68. The van der Waals surface area contributed by atoms with Crippen LogP contribution in [0, 0.1) is 0 Å². The van der Waals surface area contributed by atoms with E-state index in [1.54, 1.807) is 7.11 Å². The molecule has 0 aromatic carbocycles. The summed E-state index contributed by atoms with van der Waals surface area (Å²) < 4.78 is 10.7. The van der Waals surface area contributed by atoms with E-state index >= 15 is 0 Å². The lowest BCUT2D eigenvalue weighted by atomic mass is 9.89. The fourth-order valence-corrected chi connectivity index (χ4v) is 2.57. The number of likely N-dealkylation sites (N-methyl/N-ethyl adjacent to an activating group) is 1. The van der Waals surface area contributed by atoms with Crippen LogP contribution < -0.4 is 10.6 Å². The monoisotopic (exact) mass is 300 g/mol. The van der Waals surface area contributed by atoms with Gasteiger partial charge in [-0.25, -0.2) is 0 Å². The topological polar surface area (TPSA) is 58.1 Å². The molecule has 1 saturated heterocycles. The second-order valence-corrected chi connectivity index (χ2v) is 5.93. The maximum absolute atomic E-state index is 5.50. The maximum Gasteiger partial charge on any atom is 0.191 e. The highest BCUT2D eigenvalue weighted by Gasteiger charge is 2.34. The van der Waals surface area contributed by atoms with Crippen molar-refractivity contribution < 1.29 is 9.47 Å². The molecule has 1 atom stereocenters. The van der Waals surface area contributed by atoms with Crippen molar-refractivity contribution in [3.63, 3.8) is 0 Å². The summed E-state index contributed by atoms with van der Waals surface area (Å²) in [5.74, 6) is 0.856. The van der Waals surface area contributed by atoms with Crippen LogP contribution in [0.25, 0.3) is 0 Å². The number of rotatable bonds is 7. The Bertz CT molecular complexity index is 315. The minimum Gasteiger partial charge on any atom is -0.383 e. The van der Waals surface area contributed by atoms with Gasteiger partial charge in [0.2, 0.25) is 0 Å². The van der Waals surface area contributed by atoms with Crippen molar-refractivity contribution in [3.8, 4) is 0 Å². The molecular weight excluding hydrogens is 268 g/mol. The van der Waals surface area contributed by atoms with Gasteiger partial charge in [-0.3, -0.25) is 4.99 Å². The summed E-state index contributed by atoms with van der Waals surface area (Å²) in [6.07, 6.45) is 2.05. The Hall–Kier alpha value is -0.850. The third-order valence-electron chi connectivity index (χ3n) is 4.05. The number of ether oxygens (including phenoxy) is 2. The van der Waals surface area contributed by atoms with Crippen molar-refractivity contribution in [2.24, 2.45) is 4.99 Å². The zero-order chi connectivity index (χ0) is 15.7. The highest BCUT2D eigenvalue weighted by atomic mass is 16.5. The number of methoxy groups -OCH3 is 1. The lowest BCUT2D eigenvalue weighted by Crippen LogP contribution is -2.52. The van der Waals surface area contributed by atoms with E-state index in [2.05, 4.69) is 43.5 Å². The van der Waals surface area contributed by atoms with Crippen LogP contribution in [-0.4, -0.2) is 76.6 Å². The summed E-state index contributed by atoms with van der Waals surface area (Å²) in [6, 6.07) is 0.234. The molecule has 0 spiro atoms. The van der Waals surface area contributed by atoms with Crippen LogP contribution in [0.15, 0.2) is 4.99 Å². The van der Waals surface area contributed by atoms with E-state index in [0.29, 0.717) is 6.61 Å². The first-order valence-corrected chi connectivity index (χ1v) is 7.83. The molecule has 0 radical (unpaired) electrons. The van der Waals surface area contributed by atoms with Gasteiger partial charge in [-0.15, -0.1) is 0 Å². The Kier molecular flexibility index (Phi) is 8.00. The minimum absolute atomic E-state index is 0.102. The summed E-state index contributed by atoms with van der Waals surface area (Å²) in [7, 11) is 5.98. The SMILES string of the molecule is CCNC(=NCC1(N(C)C)CCOCC1)NC(C)COC. The normalized spacial score (nSPS) is 20.4. The van der Waals surface area contributed by atoms with E-state index < -0.39 is 0 Å². The van der Waals surface area contributed by atoms with E-state index in [-0.39, 0.29) is 11.6 Å². The molecule has 0 aromatic rings. The highest BCUT2D eigenvalue weighted by Crippen LogP contribution is 2.26. The van der Waals surface area contributed by atoms with Crippen LogP contribution in [0.4, 0.5) is 0 Å².